The Kier molecular flexibility index (Phi) is 12.6. The van der Waals surface area contributed by atoms with E-state index in [1.54, 1.807) is 44.7 Å². The molecule has 0 aromatic carbocycles. The number of anilines is 2. The lowest BCUT2D eigenvalue weighted by molar-refractivity contribution is -0.145. The predicted octanol–water partition coefficient (Wildman–Crippen LogP) is 2.04. The maximum absolute atomic E-state index is 13.9. The van der Waals surface area contributed by atoms with Gasteiger partial charge in [-0.15, -0.1) is 6.58 Å². The maximum Gasteiger partial charge on any atom is 0.323 e. The van der Waals surface area contributed by atoms with Gasteiger partial charge >= 0.3 is 11.9 Å². The summed E-state index contributed by atoms with van der Waals surface area (Å²) in [6.45, 7) is 11.9. The third-order valence-electron chi connectivity index (χ3n) is 5.33. The molecule has 0 spiro atoms. The number of ether oxygens (including phenoxy) is 3. The summed E-state index contributed by atoms with van der Waals surface area (Å²) in [4.78, 5) is 37.5. The molecule has 2 heterocycles. The SMILES string of the molecule is C=CCNc1nc(N)nc2c1ncn2CCOCP(=O)(NC(CC)C(=O)OCC)NC(CC)C(=O)OCC. The molecule has 0 aliphatic rings. The summed E-state index contributed by atoms with van der Waals surface area (Å²) in [5.74, 6) is -0.508. The second-order valence-corrected chi connectivity index (χ2v) is 10.4. The molecule has 0 aliphatic carbocycles. The molecule has 0 amide bonds. The van der Waals surface area contributed by atoms with Crippen molar-refractivity contribution >= 4 is 42.3 Å². The first-order valence-electron chi connectivity index (χ1n) is 12.6. The fourth-order valence-corrected chi connectivity index (χ4v) is 5.69. The fraction of sp³-hybridized carbons (Fsp3) is 0.609. The van der Waals surface area contributed by atoms with Crippen LogP contribution in [-0.2, 0) is 34.9 Å². The fourth-order valence-electron chi connectivity index (χ4n) is 3.50. The Morgan fingerprint density at radius 3 is 2.24 bits per heavy atom. The molecular formula is C23H39N8O6P. The van der Waals surface area contributed by atoms with Gasteiger partial charge in [0.25, 0.3) is 0 Å². The molecule has 2 aromatic rings. The van der Waals surface area contributed by atoms with Gasteiger partial charge in [-0.3, -0.25) is 14.2 Å². The van der Waals surface area contributed by atoms with E-state index in [1.165, 1.54) is 0 Å². The van der Waals surface area contributed by atoms with Crippen molar-refractivity contribution in [2.45, 2.75) is 59.2 Å². The third kappa shape index (κ3) is 8.76. The standard InChI is InChI=1S/C23H39N8O6P/c1-6-11-25-19-18-20(28-23(24)27-19)31(14-26-18)12-13-35-15-38(34,29-16(7-2)21(32)36-9-4)30-17(8-3)22(33)37-10-5/h6,14,16-17H,1,7-13,15H2,2-5H3,(H2,29,30,34)(H3,24,25,27,28). The summed E-state index contributed by atoms with van der Waals surface area (Å²) in [5.41, 5.74) is 6.90. The van der Waals surface area contributed by atoms with Crippen LogP contribution in [0.1, 0.15) is 40.5 Å². The lowest BCUT2D eigenvalue weighted by Crippen LogP contribution is -2.44. The molecule has 0 saturated carbocycles. The number of nitrogens with zero attached hydrogens (tertiary/aromatic N) is 4. The van der Waals surface area contributed by atoms with Crippen LogP contribution in [0.15, 0.2) is 19.0 Å². The van der Waals surface area contributed by atoms with E-state index >= 15 is 0 Å². The number of hydrogen-bond acceptors (Lipinski definition) is 11. The molecule has 0 radical (unpaired) electrons. The molecule has 0 fully saturated rings. The number of imidazole rings is 1. The topological polar surface area (TPSA) is 185 Å². The second kappa shape index (κ2) is 15.4. The van der Waals surface area contributed by atoms with E-state index in [2.05, 4.69) is 37.0 Å². The average molecular weight is 555 g/mol. The van der Waals surface area contributed by atoms with Crippen LogP contribution in [0.4, 0.5) is 11.8 Å². The second-order valence-electron chi connectivity index (χ2n) is 8.17. The zero-order valence-electron chi connectivity index (χ0n) is 22.4. The van der Waals surface area contributed by atoms with Crippen molar-refractivity contribution in [3.05, 3.63) is 19.0 Å². The number of carbonyl (C=O) groups excluding carboxylic acids is 2. The molecule has 2 aromatic heterocycles. The quantitative estimate of drug-likeness (QED) is 0.0909. The number of aromatic nitrogens is 4. The highest BCUT2D eigenvalue weighted by Crippen LogP contribution is 2.38. The van der Waals surface area contributed by atoms with Gasteiger partial charge in [-0.25, -0.2) is 15.2 Å². The molecule has 38 heavy (non-hydrogen) atoms. The van der Waals surface area contributed by atoms with Crippen molar-refractivity contribution in [1.82, 2.24) is 29.7 Å². The highest BCUT2D eigenvalue weighted by molar-refractivity contribution is 7.59. The normalized spacial score (nSPS) is 14.4. The number of fused-ring (bicyclic) bond motifs is 1. The predicted molar refractivity (Wildman–Crippen MR) is 145 cm³/mol. The maximum atomic E-state index is 13.9. The van der Waals surface area contributed by atoms with Gasteiger partial charge in [0, 0.05) is 13.1 Å². The van der Waals surface area contributed by atoms with Crippen molar-refractivity contribution in [2.75, 3.05) is 43.8 Å². The Morgan fingerprint density at radius 1 is 1.11 bits per heavy atom. The Balaban J connectivity index is 2.15. The molecule has 0 aliphatic heterocycles. The average Bonchev–Trinajstić information content (AvgIpc) is 3.30. The molecule has 5 N–H and O–H groups in total. The first-order valence-corrected chi connectivity index (χ1v) is 14.5. The minimum absolute atomic E-state index is 0.0822. The number of nitrogens with one attached hydrogen (secondary N) is 3. The van der Waals surface area contributed by atoms with Crippen molar-refractivity contribution in [3.63, 3.8) is 0 Å². The molecule has 0 saturated heterocycles. The zero-order chi connectivity index (χ0) is 28.1. The highest BCUT2D eigenvalue weighted by atomic mass is 31.2. The van der Waals surface area contributed by atoms with Gasteiger partial charge in [-0.1, -0.05) is 19.9 Å². The van der Waals surface area contributed by atoms with Crippen LogP contribution in [0.2, 0.25) is 0 Å². The lowest BCUT2D eigenvalue weighted by Gasteiger charge is -2.28. The van der Waals surface area contributed by atoms with Gasteiger partial charge in [0.2, 0.25) is 13.4 Å². The van der Waals surface area contributed by atoms with Gasteiger partial charge in [0.05, 0.1) is 26.1 Å². The minimum Gasteiger partial charge on any atom is -0.465 e. The smallest absolute Gasteiger partial charge is 0.323 e. The van der Waals surface area contributed by atoms with Crippen LogP contribution in [0, 0.1) is 0 Å². The number of carbonyl (C=O) groups is 2. The van der Waals surface area contributed by atoms with Crippen molar-refractivity contribution in [1.29, 1.82) is 0 Å². The Hall–Kier alpha value is -3.06. The van der Waals surface area contributed by atoms with Crippen LogP contribution >= 0.6 is 7.44 Å². The van der Waals surface area contributed by atoms with E-state index < -0.39 is 31.5 Å². The van der Waals surface area contributed by atoms with E-state index in [0.717, 1.165) is 0 Å². The molecule has 212 valence electrons. The van der Waals surface area contributed by atoms with Gasteiger partial charge in [-0.2, -0.15) is 9.97 Å². The Bertz CT molecular complexity index is 1090. The Labute approximate surface area is 222 Å². The number of nitrogens with two attached hydrogens (primary N) is 1. The van der Waals surface area contributed by atoms with Crippen LogP contribution in [0.3, 0.4) is 0 Å². The largest absolute Gasteiger partial charge is 0.465 e. The summed E-state index contributed by atoms with van der Waals surface area (Å²) in [6.07, 6.45) is 3.62. The first-order chi connectivity index (χ1) is 18.2. The molecular weight excluding hydrogens is 515 g/mol. The Morgan fingerprint density at radius 2 is 1.71 bits per heavy atom. The van der Waals surface area contributed by atoms with Crippen LogP contribution in [0.25, 0.3) is 11.2 Å². The van der Waals surface area contributed by atoms with E-state index in [9.17, 15) is 14.2 Å². The van der Waals surface area contributed by atoms with Crippen LogP contribution in [-0.4, -0.2) is 76.3 Å². The van der Waals surface area contributed by atoms with Crippen molar-refractivity contribution in [2.24, 2.45) is 0 Å². The minimum atomic E-state index is -3.62. The van der Waals surface area contributed by atoms with E-state index in [0.29, 0.717) is 42.9 Å². The van der Waals surface area contributed by atoms with Crippen LogP contribution in [0.5, 0.6) is 0 Å². The molecule has 15 heteroatoms. The monoisotopic (exact) mass is 554 g/mol. The molecule has 0 bridgehead atoms. The zero-order valence-corrected chi connectivity index (χ0v) is 23.3. The summed E-state index contributed by atoms with van der Waals surface area (Å²) >= 11 is 0. The van der Waals surface area contributed by atoms with Gasteiger partial charge < -0.3 is 29.8 Å². The van der Waals surface area contributed by atoms with E-state index in [-0.39, 0.29) is 32.1 Å². The molecule has 2 unspecified atom stereocenters. The van der Waals surface area contributed by atoms with Gasteiger partial charge in [0.15, 0.2) is 17.0 Å². The molecule has 2 atom stereocenters. The molecule has 2 rings (SSSR count). The van der Waals surface area contributed by atoms with E-state index in [1.807, 2.05) is 0 Å². The summed E-state index contributed by atoms with van der Waals surface area (Å²) in [7, 11) is -3.62. The van der Waals surface area contributed by atoms with Crippen molar-refractivity contribution in [3.8, 4) is 0 Å². The number of nitrogen functional groups attached to an aromatic ring is 1. The highest BCUT2D eigenvalue weighted by Gasteiger charge is 2.34. The summed E-state index contributed by atoms with van der Waals surface area (Å²) in [6, 6.07) is -1.70. The summed E-state index contributed by atoms with van der Waals surface area (Å²) < 4.78 is 31.6. The molecule has 14 nitrogen and oxygen atoms in total. The van der Waals surface area contributed by atoms with Gasteiger partial charge in [0.1, 0.15) is 18.4 Å². The first kappa shape index (κ1) is 31.2. The third-order valence-corrected chi connectivity index (χ3v) is 7.34. The number of hydrogen-bond donors (Lipinski definition) is 4. The van der Waals surface area contributed by atoms with E-state index in [4.69, 9.17) is 19.9 Å². The number of rotatable bonds is 18. The van der Waals surface area contributed by atoms with Gasteiger partial charge in [-0.05, 0) is 26.7 Å². The summed E-state index contributed by atoms with van der Waals surface area (Å²) in [5, 5.41) is 8.77. The van der Waals surface area contributed by atoms with Crippen LogP contribution < -0.4 is 21.2 Å². The van der Waals surface area contributed by atoms with Crippen molar-refractivity contribution < 1.29 is 28.4 Å². The number of esters is 2. The lowest BCUT2D eigenvalue weighted by atomic mass is 10.2.